The predicted molar refractivity (Wildman–Crippen MR) is 66.9 cm³/mol. The van der Waals surface area contributed by atoms with Gasteiger partial charge in [0, 0.05) is 20.3 Å². The summed E-state index contributed by atoms with van der Waals surface area (Å²) in [7, 11) is -1.35. The molecule has 0 saturated heterocycles. The Morgan fingerprint density at radius 3 is 2.28 bits per heavy atom. The Morgan fingerprint density at radius 2 is 1.78 bits per heavy atom. The van der Waals surface area contributed by atoms with Crippen LogP contribution in [0.3, 0.4) is 0 Å². The molecule has 1 aliphatic rings. The monoisotopic (exact) mass is 277 g/mol. The van der Waals surface area contributed by atoms with Gasteiger partial charge in [-0.05, 0) is 12.8 Å². The molecule has 0 atom stereocenters. The quantitative estimate of drug-likeness (QED) is 0.458. The minimum Gasteiger partial charge on any atom is -0.399 e. The third-order valence-electron chi connectivity index (χ3n) is 2.86. The maximum Gasteiger partial charge on any atom is 0.529 e. The van der Waals surface area contributed by atoms with Crippen molar-refractivity contribution in [3.8, 4) is 0 Å². The molecular weight excluding hydrogens is 257 g/mol. The summed E-state index contributed by atoms with van der Waals surface area (Å²) in [5.41, 5.74) is 0. The Morgan fingerprint density at radius 1 is 1.22 bits per heavy atom. The molecule has 0 heterocycles. The molecule has 0 bridgehead atoms. The molecule has 1 rings (SSSR count). The zero-order valence-electron chi connectivity index (χ0n) is 10.8. The minimum absolute atomic E-state index is 0.135. The lowest BCUT2D eigenvalue weighted by Gasteiger charge is -2.23. The number of hydrogen-bond acceptors (Lipinski definition) is 5. The van der Waals surface area contributed by atoms with E-state index in [1.807, 2.05) is 0 Å². The van der Waals surface area contributed by atoms with Gasteiger partial charge in [0.25, 0.3) is 5.91 Å². The van der Waals surface area contributed by atoms with Gasteiger partial charge < -0.3 is 9.84 Å². The summed E-state index contributed by atoms with van der Waals surface area (Å²) in [6.07, 6.45) is 5.31. The first-order valence-electron chi connectivity index (χ1n) is 5.91. The molecule has 0 aliphatic heterocycles. The first-order valence-corrected chi connectivity index (χ1v) is 7.37. The van der Waals surface area contributed by atoms with Crippen molar-refractivity contribution >= 4 is 13.7 Å². The van der Waals surface area contributed by atoms with E-state index in [0.717, 1.165) is 25.7 Å². The van der Waals surface area contributed by atoms with E-state index in [1.54, 1.807) is 0 Å². The molecular formula is C11H20NO5P. The van der Waals surface area contributed by atoms with Crippen LogP contribution in [0.25, 0.3) is 0 Å². The number of carbonyl (C=O) groups excluding carboxylic acids is 1. The smallest absolute Gasteiger partial charge is 0.399 e. The summed E-state index contributed by atoms with van der Waals surface area (Å²) in [6.45, 7) is 3.43. The number of nitrogens with one attached hydrogen (secondary N) is 1. The molecule has 0 unspecified atom stereocenters. The molecule has 104 valence electrons. The van der Waals surface area contributed by atoms with Crippen LogP contribution >= 0.6 is 7.82 Å². The average molecular weight is 277 g/mol. The first-order chi connectivity index (χ1) is 8.50. The highest BCUT2D eigenvalue weighted by Gasteiger charge is 2.28. The summed E-state index contributed by atoms with van der Waals surface area (Å²) in [5, 5.41) is 2.79. The van der Waals surface area contributed by atoms with Crippen LogP contribution in [-0.2, 0) is 22.9 Å². The van der Waals surface area contributed by atoms with Crippen molar-refractivity contribution in [1.29, 1.82) is 0 Å². The van der Waals surface area contributed by atoms with E-state index < -0.39 is 13.7 Å². The molecule has 1 fully saturated rings. The molecule has 1 N–H and O–H groups in total. The molecule has 1 aliphatic carbocycles. The predicted octanol–water partition coefficient (Wildman–Crippen LogP) is 2.37. The van der Waals surface area contributed by atoms with E-state index in [-0.39, 0.29) is 11.8 Å². The van der Waals surface area contributed by atoms with Gasteiger partial charge in [-0.3, -0.25) is 13.8 Å². The third kappa shape index (κ3) is 4.44. The lowest BCUT2D eigenvalue weighted by Crippen LogP contribution is -2.37. The van der Waals surface area contributed by atoms with Crippen LogP contribution in [0, 0.1) is 0 Å². The highest BCUT2D eigenvalue weighted by Crippen LogP contribution is 2.49. The molecule has 1 saturated carbocycles. The van der Waals surface area contributed by atoms with Gasteiger partial charge in [0.2, 0.25) is 0 Å². The van der Waals surface area contributed by atoms with Gasteiger partial charge in [-0.2, -0.15) is 0 Å². The largest absolute Gasteiger partial charge is 0.529 e. The number of rotatable bonds is 6. The maximum atomic E-state index is 11.8. The first kappa shape index (κ1) is 15.2. The molecule has 18 heavy (non-hydrogen) atoms. The fraction of sp³-hybridized carbons (Fsp3) is 0.727. The number of hydrogen-bond donors (Lipinski definition) is 1. The molecule has 0 aromatic heterocycles. The zero-order chi connectivity index (χ0) is 13.6. The van der Waals surface area contributed by atoms with Crippen molar-refractivity contribution in [2.24, 2.45) is 0 Å². The number of phosphoric acid groups is 1. The van der Waals surface area contributed by atoms with Gasteiger partial charge in [-0.1, -0.05) is 25.8 Å². The van der Waals surface area contributed by atoms with Crippen LogP contribution < -0.4 is 5.32 Å². The van der Waals surface area contributed by atoms with Crippen molar-refractivity contribution in [3.63, 3.8) is 0 Å². The normalized spacial score (nSPS) is 17.2. The van der Waals surface area contributed by atoms with Crippen LogP contribution in [-0.4, -0.2) is 26.2 Å². The van der Waals surface area contributed by atoms with Crippen LogP contribution in [0.5, 0.6) is 0 Å². The van der Waals surface area contributed by atoms with E-state index in [2.05, 4.69) is 20.9 Å². The Bertz CT molecular complexity index is 343. The lowest BCUT2D eigenvalue weighted by molar-refractivity contribution is -0.120. The van der Waals surface area contributed by atoms with E-state index in [4.69, 9.17) is 4.52 Å². The second kappa shape index (κ2) is 6.92. The Balaban J connectivity index is 2.46. The number of phosphoric ester groups is 1. The summed E-state index contributed by atoms with van der Waals surface area (Å²) >= 11 is 0. The molecule has 0 radical (unpaired) electrons. The van der Waals surface area contributed by atoms with Crippen molar-refractivity contribution < 1.29 is 22.9 Å². The lowest BCUT2D eigenvalue weighted by atomic mass is 9.95. The SMILES string of the molecule is C=C(OP(=O)(OC)OC)C(=O)NC1CCCCC1. The van der Waals surface area contributed by atoms with Crippen molar-refractivity contribution in [1.82, 2.24) is 5.32 Å². The van der Waals surface area contributed by atoms with E-state index in [1.165, 1.54) is 20.6 Å². The third-order valence-corrected chi connectivity index (χ3v) is 4.20. The van der Waals surface area contributed by atoms with Gasteiger partial charge >= 0.3 is 7.82 Å². The highest BCUT2D eigenvalue weighted by molar-refractivity contribution is 7.48. The van der Waals surface area contributed by atoms with Crippen molar-refractivity contribution in [3.05, 3.63) is 12.3 Å². The van der Waals surface area contributed by atoms with Crippen molar-refractivity contribution in [2.45, 2.75) is 38.1 Å². The second-order valence-electron chi connectivity index (χ2n) is 4.14. The summed E-state index contributed by atoms with van der Waals surface area (Å²) < 4.78 is 25.6. The Labute approximate surface area is 107 Å². The summed E-state index contributed by atoms with van der Waals surface area (Å²) in [6, 6.07) is 0.135. The van der Waals surface area contributed by atoms with Crippen LogP contribution in [0.2, 0.25) is 0 Å². The number of amides is 1. The van der Waals surface area contributed by atoms with Crippen LogP contribution in [0.4, 0.5) is 0 Å². The highest BCUT2D eigenvalue weighted by atomic mass is 31.2. The Kier molecular flexibility index (Phi) is 5.85. The minimum atomic E-state index is -3.70. The number of carbonyl (C=O) groups is 1. The molecule has 1 amide bonds. The molecule has 0 aromatic carbocycles. The van der Waals surface area contributed by atoms with E-state index in [0.29, 0.717) is 0 Å². The summed E-state index contributed by atoms with van der Waals surface area (Å²) in [5.74, 6) is -0.733. The van der Waals surface area contributed by atoms with Crippen molar-refractivity contribution in [2.75, 3.05) is 14.2 Å². The summed E-state index contributed by atoms with van der Waals surface area (Å²) in [4.78, 5) is 11.8. The van der Waals surface area contributed by atoms with Crippen LogP contribution in [0.1, 0.15) is 32.1 Å². The topological polar surface area (TPSA) is 73.9 Å². The molecule has 0 spiro atoms. The fourth-order valence-corrected chi connectivity index (χ4v) is 2.49. The standard InChI is InChI=1S/C11H20NO5P/c1-9(17-18(14,15-2)16-3)11(13)12-10-7-5-4-6-8-10/h10H,1,4-8H2,2-3H3,(H,12,13). The zero-order valence-corrected chi connectivity index (χ0v) is 11.7. The fourth-order valence-electron chi connectivity index (χ4n) is 1.84. The van der Waals surface area contributed by atoms with Gasteiger partial charge in [0.05, 0.1) is 0 Å². The second-order valence-corrected chi connectivity index (χ2v) is 5.94. The van der Waals surface area contributed by atoms with E-state index >= 15 is 0 Å². The van der Waals surface area contributed by atoms with Gasteiger partial charge in [-0.25, -0.2) is 4.57 Å². The molecule has 0 aromatic rings. The Hall–Kier alpha value is -0.840. The molecule has 6 nitrogen and oxygen atoms in total. The van der Waals surface area contributed by atoms with E-state index in [9.17, 15) is 9.36 Å². The van der Waals surface area contributed by atoms with Gasteiger partial charge in [0.15, 0.2) is 5.76 Å². The van der Waals surface area contributed by atoms with Crippen LogP contribution in [0.15, 0.2) is 12.3 Å². The molecule has 7 heteroatoms. The van der Waals surface area contributed by atoms with Gasteiger partial charge in [0.1, 0.15) is 0 Å². The van der Waals surface area contributed by atoms with Gasteiger partial charge in [-0.15, -0.1) is 0 Å². The average Bonchev–Trinajstić information content (AvgIpc) is 2.39. The maximum absolute atomic E-state index is 11.8.